The number of hydrogen-bond donors (Lipinski definition) is 2. The van der Waals surface area contributed by atoms with Crippen molar-refractivity contribution in [1.29, 1.82) is 0 Å². The van der Waals surface area contributed by atoms with Crippen molar-refractivity contribution in [1.82, 2.24) is 4.90 Å². The van der Waals surface area contributed by atoms with Gasteiger partial charge in [0.1, 0.15) is 5.82 Å². The zero-order valence-electron chi connectivity index (χ0n) is 12.4. The summed E-state index contributed by atoms with van der Waals surface area (Å²) in [4.78, 5) is 14.1. The number of amides is 1. The van der Waals surface area contributed by atoms with E-state index in [0.717, 1.165) is 19.4 Å². The Morgan fingerprint density at radius 1 is 1.62 bits per heavy atom. The third-order valence-corrected chi connectivity index (χ3v) is 3.80. The predicted molar refractivity (Wildman–Crippen MR) is 80.5 cm³/mol. The second-order valence-corrected chi connectivity index (χ2v) is 5.48. The number of nitrogens with zero attached hydrogens (tertiary/aromatic N) is 1. The first-order chi connectivity index (χ1) is 9.97. The van der Waals surface area contributed by atoms with Gasteiger partial charge in [-0.25, -0.2) is 4.39 Å². The van der Waals surface area contributed by atoms with Gasteiger partial charge >= 0.3 is 0 Å². The molecule has 1 heterocycles. The fourth-order valence-corrected chi connectivity index (χ4v) is 2.34. The molecule has 1 fully saturated rings. The average Bonchev–Trinajstić information content (AvgIpc) is 2.94. The number of carbonyl (C=O) groups excluding carboxylic acids is 1. The van der Waals surface area contributed by atoms with Gasteiger partial charge in [-0.3, -0.25) is 9.69 Å². The summed E-state index contributed by atoms with van der Waals surface area (Å²) >= 11 is 0. The molecular weight excluding hydrogens is 273 g/mol. The molecule has 1 aromatic carbocycles. The molecule has 1 amide bonds. The van der Waals surface area contributed by atoms with Crippen LogP contribution in [0.2, 0.25) is 0 Å². The highest BCUT2D eigenvalue weighted by atomic mass is 19.1. The van der Waals surface area contributed by atoms with Crippen LogP contribution in [0.3, 0.4) is 0 Å². The van der Waals surface area contributed by atoms with Gasteiger partial charge in [-0.05, 0) is 45.0 Å². The predicted octanol–water partition coefficient (Wildman–Crippen LogP) is 1.85. The summed E-state index contributed by atoms with van der Waals surface area (Å²) in [5.41, 5.74) is 6.12. The second-order valence-electron chi connectivity index (χ2n) is 5.48. The molecule has 1 saturated heterocycles. The van der Waals surface area contributed by atoms with Gasteiger partial charge in [-0.15, -0.1) is 0 Å². The molecule has 0 aliphatic carbocycles. The Labute approximate surface area is 124 Å². The summed E-state index contributed by atoms with van der Waals surface area (Å²) in [5.74, 6) is -0.758. The van der Waals surface area contributed by atoms with Gasteiger partial charge in [0.15, 0.2) is 0 Å². The number of likely N-dealkylation sites (N-methyl/N-ethyl adjacent to an activating group) is 1. The molecule has 2 rings (SSSR count). The normalized spacial score (nSPS) is 19.7. The van der Waals surface area contributed by atoms with Crippen molar-refractivity contribution in [2.75, 3.05) is 31.2 Å². The lowest BCUT2D eigenvalue weighted by Gasteiger charge is -2.26. The van der Waals surface area contributed by atoms with Gasteiger partial charge in [-0.2, -0.15) is 0 Å². The minimum atomic E-state index is -0.494. The Balaban J connectivity index is 1.93. The van der Waals surface area contributed by atoms with Crippen molar-refractivity contribution in [3.05, 3.63) is 24.0 Å². The smallest absolute Gasteiger partial charge is 0.241 e. The number of ether oxygens (including phenoxy) is 1. The van der Waals surface area contributed by atoms with Crippen molar-refractivity contribution < 1.29 is 13.9 Å². The second kappa shape index (κ2) is 6.87. The van der Waals surface area contributed by atoms with E-state index in [1.54, 1.807) is 6.92 Å². The Bertz CT molecular complexity index is 504. The number of nitrogen functional groups attached to an aromatic ring is 1. The van der Waals surface area contributed by atoms with E-state index in [9.17, 15) is 9.18 Å². The standard InChI is InChI=1S/C15H22FN3O2/c1-10(19(2)9-12-4-3-7-21-12)15(20)18-14-8-11(17)5-6-13(14)16/h5-6,8,10,12H,3-4,7,9,17H2,1-2H3,(H,18,20). The SMILES string of the molecule is CC(C(=O)Nc1cc(N)ccc1F)N(C)CC1CCCO1. The minimum absolute atomic E-state index is 0.109. The van der Waals surface area contributed by atoms with Gasteiger partial charge in [0.25, 0.3) is 0 Å². The topological polar surface area (TPSA) is 67.6 Å². The number of hydrogen-bond acceptors (Lipinski definition) is 4. The van der Waals surface area contributed by atoms with Gasteiger partial charge in [-0.1, -0.05) is 0 Å². The molecule has 0 spiro atoms. The van der Waals surface area contributed by atoms with Gasteiger partial charge in [0.2, 0.25) is 5.91 Å². The van der Waals surface area contributed by atoms with Crippen LogP contribution in [0, 0.1) is 5.82 Å². The fraction of sp³-hybridized carbons (Fsp3) is 0.533. The molecule has 116 valence electrons. The monoisotopic (exact) mass is 295 g/mol. The first-order valence-electron chi connectivity index (χ1n) is 7.15. The summed E-state index contributed by atoms with van der Waals surface area (Å²) in [7, 11) is 1.86. The lowest BCUT2D eigenvalue weighted by Crippen LogP contribution is -2.43. The molecule has 5 nitrogen and oxygen atoms in total. The zero-order valence-corrected chi connectivity index (χ0v) is 12.4. The third kappa shape index (κ3) is 4.15. The highest BCUT2D eigenvalue weighted by Gasteiger charge is 2.24. The van der Waals surface area contributed by atoms with Crippen LogP contribution in [0.15, 0.2) is 18.2 Å². The van der Waals surface area contributed by atoms with Crippen LogP contribution in [0.4, 0.5) is 15.8 Å². The summed E-state index contributed by atoms with van der Waals surface area (Å²) in [6.45, 7) is 3.26. The van der Waals surface area contributed by atoms with Crippen LogP contribution >= 0.6 is 0 Å². The van der Waals surface area contributed by atoms with Crippen LogP contribution in [0.25, 0.3) is 0 Å². The van der Waals surface area contributed by atoms with E-state index in [1.165, 1.54) is 18.2 Å². The van der Waals surface area contributed by atoms with Gasteiger partial charge < -0.3 is 15.8 Å². The summed E-state index contributed by atoms with van der Waals surface area (Å²) in [6, 6.07) is 3.74. The Morgan fingerprint density at radius 2 is 2.38 bits per heavy atom. The number of nitrogens with two attached hydrogens (primary N) is 1. The molecule has 6 heteroatoms. The lowest BCUT2D eigenvalue weighted by molar-refractivity contribution is -0.120. The number of halogens is 1. The van der Waals surface area contributed by atoms with E-state index in [4.69, 9.17) is 10.5 Å². The maximum absolute atomic E-state index is 13.6. The quantitative estimate of drug-likeness (QED) is 0.814. The molecule has 0 radical (unpaired) electrons. The van der Waals surface area contributed by atoms with E-state index in [-0.39, 0.29) is 23.7 Å². The first kappa shape index (κ1) is 15.7. The molecular formula is C15H22FN3O2. The van der Waals surface area contributed by atoms with Crippen LogP contribution in [0.5, 0.6) is 0 Å². The molecule has 2 atom stereocenters. The van der Waals surface area contributed by atoms with Crippen LogP contribution < -0.4 is 11.1 Å². The van der Waals surface area contributed by atoms with Crippen molar-refractivity contribution in [2.45, 2.75) is 31.9 Å². The molecule has 2 unspecified atom stereocenters. The van der Waals surface area contributed by atoms with E-state index in [0.29, 0.717) is 12.2 Å². The lowest BCUT2D eigenvalue weighted by atomic mass is 10.2. The Morgan fingerprint density at radius 3 is 3.05 bits per heavy atom. The Hall–Kier alpha value is -1.66. The van der Waals surface area contributed by atoms with Crippen molar-refractivity contribution in [3.8, 4) is 0 Å². The van der Waals surface area contributed by atoms with Crippen LogP contribution in [-0.4, -0.2) is 43.2 Å². The fourth-order valence-electron chi connectivity index (χ4n) is 2.34. The van der Waals surface area contributed by atoms with Gasteiger partial charge in [0, 0.05) is 18.8 Å². The molecule has 1 aliphatic rings. The summed E-state index contributed by atoms with van der Waals surface area (Å²) in [5, 5.41) is 2.58. The van der Waals surface area contributed by atoms with E-state index < -0.39 is 5.82 Å². The van der Waals surface area contributed by atoms with E-state index >= 15 is 0 Å². The molecule has 0 saturated carbocycles. The highest BCUT2D eigenvalue weighted by molar-refractivity contribution is 5.95. The number of carbonyl (C=O) groups is 1. The van der Waals surface area contributed by atoms with Crippen molar-refractivity contribution in [3.63, 3.8) is 0 Å². The maximum atomic E-state index is 13.6. The van der Waals surface area contributed by atoms with Crippen LogP contribution in [0.1, 0.15) is 19.8 Å². The van der Waals surface area contributed by atoms with Gasteiger partial charge in [0.05, 0.1) is 17.8 Å². The number of anilines is 2. The molecule has 3 N–H and O–H groups in total. The van der Waals surface area contributed by atoms with E-state index in [1.807, 2.05) is 11.9 Å². The van der Waals surface area contributed by atoms with Crippen LogP contribution in [-0.2, 0) is 9.53 Å². The summed E-state index contributed by atoms with van der Waals surface area (Å²) in [6.07, 6.45) is 2.25. The molecule has 21 heavy (non-hydrogen) atoms. The first-order valence-corrected chi connectivity index (χ1v) is 7.15. The summed E-state index contributed by atoms with van der Waals surface area (Å²) < 4.78 is 19.2. The molecule has 1 aliphatic heterocycles. The third-order valence-electron chi connectivity index (χ3n) is 3.80. The number of nitrogens with one attached hydrogen (secondary N) is 1. The molecule has 1 aromatic rings. The average molecular weight is 295 g/mol. The largest absolute Gasteiger partial charge is 0.399 e. The number of benzene rings is 1. The highest BCUT2D eigenvalue weighted by Crippen LogP contribution is 2.18. The zero-order chi connectivity index (χ0) is 15.4. The van der Waals surface area contributed by atoms with E-state index in [2.05, 4.69) is 5.32 Å². The molecule has 0 aromatic heterocycles. The minimum Gasteiger partial charge on any atom is -0.399 e. The van der Waals surface area contributed by atoms with Crippen molar-refractivity contribution >= 4 is 17.3 Å². The maximum Gasteiger partial charge on any atom is 0.241 e. The van der Waals surface area contributed by atoms with Crippen molar-refractivity contribution in [2.24, 2.45) is 0 Å². The molecule has 0 bridgehead atoms. The Kier molecular flexibility index (Phi) is 5.14. The number of rotatable bonds is 5.